The lowest BCUT2D eigenvalue weighted by atomic mass is 10.1. The van der Waals surface area contributed by atoms with Gasteiger partial charge < -0.3 is 15.4 Å². The summed E-state index contributed by atoms with van der Waals surface area (Å²) in [5.41, 5.74) is 1.69. The van der Waals surface area contributed by atoms with Crippen LogP contribution in [0.1, 0.15) is 34.2 Å². The molecule has 154 valence electrons. The number of rotatable bonds is 8. The Hall–Kier alpha value is -4.01. The average Bonchev–Trinajstić information content (AvgIpc) is 3.17. The van der Waals surface area contributed by atoms with Gasteiger partial charge in [0.15, 0.2) is 18.1 Å². The molecule has 2 aromatic carbocycles. The molecule has 30 heavy (non-hydrogen) atoms. The number of hydrogen-bond donors (Lipinski definition) is 3. The Bertz CT molecular complexity index is 1110. The van der Waals surface area contributed by atoms with Gasteiger partial charge in [0.05, 0.1) is 17.6 Å². The van der Waals surface area contributed by atoms with Crippen molar-refractivity contribution in [3.8, 4) is 0 Å². The number of para-hydroxylation sites is 2. The van der Waals surface area contributed by atoms with E-state index in [0.717, 1.165) is 5.52 Å². The predicted molar refractivity (Wildman–Crippen MR) is 109 cm³/mol. The standard InChI is InChI=1S/C21H20N4O5/c1-13(26)14-6-2-4-8-16(14)23-18(27)12-30-19(28)10-11-22-21(29)20-15-7-3-5-9-17(15)24-25-20/h2-9H,10-12H2,1H3,(H,22,29)(H,23,27)(H,24,25). The highest BCUT2D eigenvalue weighted by Gasteiger charge is 2.15. The number of ether oxygens (including phenoxy) is 1. The smallest absolute Gasteiger partial charge is 0.308 e. The number of carbonyl (C=O) groups is 4. The number of amides is 2. The molecule has 1 heterocycles. The zero-order valence-electron chi connectivity index (χ0n) is 16.2. The number of H-pyrrole nitrogens is 1. The Balaban J connectivity index is 1.42. The third-order valence-electron chi connectivity index (χ3n) is 4.24. The highest BCUT2D eigenvalue weighted by molar-refractivity contribution is 6.05. The van der Waals surface area contributed by atoms with Crippen LogP contribution in [0.5, 0.6) is 0 Å². The molecule has 0 radical (unpaired) electrons. The molecule has 3 aromatic rings. The van der Waals surface area contributed by atoms with Gasteiger partial charge in [0, 0.05) is 17.5 Å². The fourth-order valence-electron chi connectivity index (χ4n) is 2.80. The number of hydrogen-bond acceptors (Lipinski definition) is 6. The van der Waals surface area contributed by atoms with Gasteiger partial charge in [-0.1, -0.05) is 30.3 Å². The van der Waals surface area contributed by atoms with Gasteiger partial charge in [-0.15, -0.1) is 0 Å². The molecule has 0 saturated heterocycles. The average molecular weight is 408 g/mol. The maximum Gasteiger partial charge on any atom is 0.308 e. The van der Waals surface area contributed by atoms with Crippen molar-refractivity contribution in [1.29, 1.82) is 0 Å². The summed E-state index contributed by atoms with van der Waals surface area (Å²) in [5, 5.41) is 12.6. The number of aromatic nitrogens is 2. The van der Waals surface area contributed by atoms with E-state index in [1.807, 2.05) is 6.07 Å². The van der Waals surface area contributed by atoms with Crippen LogP contribution in [-0.4, -0.2) is 46.9 Å². The number of anilines is 1. The van der Waals surface area contributed by atoms with Gasteiger partial charge in [-0.3, -0.25) is 24.3 Å². The molecule has 9 heteroatoms. The summed E-state index contributed by atoms with van der Waals surface area (Å²) in [4.78, 5) is 47.6. The van der Waals surface area contributed by atoms with Crippen LogP contribution in [0.25, 0.3) is 10.9 Å². The van der Waals surface area contributed by atoms with E-state index >= 15 is 0 Å². The van der Waals surface area contributed by atoms with Crippen LogP contribution in [0.3, 0.4) is 0 Å². The molecular formula is C21H20N4O5. The quantitative estimate of drug-likeness (QED) is 0.386. The first-order valence-corrected chi connectivity index (χ1v) is 9.22. The van der Waals surface area contributed by atoms with Crippen LogP contribution >= 0.6 is 0 Å². The number of nitrogens with one attached hydrogen (secondary N) is 3. The molecular weight excluding hydrogens is 388 g/mol. The third-order valence-corrected chi connectivity index (χ3v) is 4.24. The van der Waals surface area contributed by atoms with Crippen LogP contribution in [-0.2, 0) is 14.3 Å². The summed E-state index contributed by atoms with van der Waals surface area (Å²) in [7, 11) is 0. The fraction of sp³-hybridized carbons (Fsp3) is 0.190. The maximum atomic E-state index is 12.2. The SMILES string of the molecule is CC(=O)c1ccccc1NC(=O)COC(=O)CCNC(=O)c1n[nH]c2ccccc12. The van der Waals surface area contributed by atoms with E-state index in [0.29, 0.717) is 16.6 Å². The van der Waals surface area contributed by atoms with Gasteiger partial charge in [-0.2, -0.15) is 5.10 Å². The van der Waals surface area contributed by atoms with Crippen molar-refractivity contribution < 1.29 is 23.9 Å². The van der Waals surface area contributed by atoms with Gasteiger partial charge in [-0.05, 0) is 25.1 Å². The molecule has 0 unspecified atom stereocenters. The van der Waals surface area contributed by atoms with Gasteiger partial charge in [0.2, 0.25) is 0 Å². The lowest BCUT2D eigenvalue weighted by Gasteiger charge is -2.09. The van der Waals surface area contributed by atoms with E-state index in [-0.39, 0.29) is 24.4 Å². The van der Waals surface area contributed by atoms with Gasteiger partial charge in [-0.25, -0.2) is 0 Å². The van der Waals surface area contributed by atoms with Crippen LogP contribution in [0, 0.1) is 0 Å². The molecule has 1 aromatic heterocycles. The third kappa shape index (κ3) is 5.07. The number of aromatic amines is 1. The van der Waals surface area contributed by atoms with Crippen molar-refractivity contribution in [2.45, 2.75) is 13.3 Å². The zero-order valence-corrected chi connectivity index (χ0v) is 16.2. The predicted octanol–water partition coefficient (Wildman–Crippen LogP) is 2.07. The summed E-state index contributed by atoms with van der Waals surface area (Å²) in [6.07, 6.45) is -0.106. The van der Waals surface area contributed by atoms with E-state index < -0.39 is 24.4 Å². The summed E-state index contributed by atoms with van der Waals surface area (Å²) < 4.78 is 4.91. The minimum Gasteiger partial charge on any atom is -0.456 e. The number of fused-ring (bicyclic) bond motifs is 1. The van der Waals surface area contributed by atoms with E-state index in [4.69, 9.17) is 4.74 Å². The largest absolute Gasteiger partial charge is 0.456 e. The summed E-state index contributed by atoms with van der Waals surface area (Å²) in [5.74, 6) is -1.82. The van der Waals surface area contributed by atoms with Crippen molar-refractivity contribution >= 4 is 40.2 Å². The van der Waals surface area contributed by atoms with E-state index in [1.165, 1.54) is 6.92 Å². The summed E-state index contributed by atoms with van der Waals surface area (Å²) in [6, 6.07) is 13.7. The van der Waals surface area contributed by atoms with Crippen LogP contribution < -0.4 is 10.6 Å². The number of ketones is 1. The Morgan fingerprint density at radius 1 is 1.03 bits per heavy atom. The second-order valence-electron chi connectivity index (χ2n) is 6.43. The molecule has 0 aliphatic heterocycles. The van der Waals surface area contributed by atoms with Crippen molar-refractivity contribution in [1.82, 2.24) is 15.5 Å². The van der Waals surface area contributed by atoms with Crippen molar-refractivity contribution in [2.75, 3.05) is 18.5 Å². The normalized spacial score (nSPS) is 10.4. The number of nitrogens with zero attached hydrogens (tertiary/aromatic N) is 1. The topological polar surface area (TPSA) is 130 Å². The van der Waals surface area contributed by atoms with Crippen molar-refractivity contribution in [3.63, 3.8) is 0 Å². The maximum absolute atomic E-state index is 12.2. The van der Waals surface area contributed by atoms with E-state index in [2.05, 4.69) is 20.8 Å². The second kappa shape index (κ2) is 9.46. The van der Waals surface area contributed by atoms with Gasteiger partial charge in [0.1, 0.15) is 0 Å². The Morgan fingerprint density at radius 3 is 2.57 bits per heavy atom. The van der Waals surface area contributed by atoms with Gasteiger partial charge >= 0.3 is 5.97 Å². The number of esters is 1. The van der Waals surface area contributed by atoms with Crippen LogP contribution in [0.4, 0.5) is 5.69 Å². The van der Waals surface area contributed by atoms with Gasteiger partial charge in [0.25, 0.3) is 11.8 Å². The zero-order chi connectivity index (χ0) is 21.5. The minimum absolute atomic E-state index is 0.0354. The molecule has 2 amide bonds. The number of Topliss-reactive ketones (excluding diaryl/α,β-unsaturated/α-hetero) is 1. The van der Waals surface area contributed by atoms with Crippen molar-refractivity contribution in [3.05, 3.63) is 59.8 Å². The molecule has 0 aliphatic carbocycles. The first-order chi connectivity index (χ1) is 14.5. The van der Waals surface area contributed by atoms with Crippen LogP contribution in [0.15, 0.2) is 48.5 Å². The Labute approximate surface area is 171 Å². The molecule has 0 spiro atoms. The second-order valence-corrected chi connectivity index (χ2v) is 6.43. The highest BCUT2D eigenvalue weighted by atomic mass is 16.5. The Kier molecular flexibility index (Phi) is 6.53. The fourth-order valence-corrected chi connectivity index (χ4v) is 2.80. The molecule has 3 rings (SSSR count). The lowest BCUT2D eigenvalue weighted by Crippen LogP contribution is -2.28. The molecule has 3 N–H and O–H groups in total. The molecule has 0 fully saturated rings. The van der Waals surface area contributed by atoms with E-state index in [1.54, 1.807) is 42.5 Å². The van der Waals surface area contributed by atoms with Crippen molar-refractivity contribution in [2.24, 2.45) is 0 Å². The monoisotopic (exact) mass is 408 g/mol. The minimum atomic E-state index is -0.641. The highest BCUT2D eigenvalue weighted by Crippen LogP contribution is 2.16. The lowest BCUT2D eigenvalue weighted by molar-refractivity contribution is -0.147. The number of benzene rings is 2. The molecule has 0 aliphatic rings. The molecule has 0 atom stereocenters. The first-order valence-electron chi connectivity index (χ1n) is 9.22. The summed E-state index contributed by atoms with van der Waals surface area (Å²) in [6.45, 7) is 0.932. The number of carbonyl (C=O) groups excluding carboxylic acids is 4. The van der Waals surface area contributed by atoms with Crippen LogP contribution in [0.2, 0.25) is 0 Å². The van der Waals surface area contributed by atoms with E-state index in [9.17, 15) is 19.2 Å². The molecule has 0 saturated carbocycles. The Morgan fingerprint density at radius 2 is 1.77 bits per heavy atom. The summed E-state index contributed by atoms with van der Waals surface area (Å²) >= 11 is 0. The molecule has 9 nitrogen and oxygen atoms in total. The first kappa shape index (κ1) is 20.7. The molecule has 0 bridgehead atoms.